The zero-order valence-corrected chi connectivity index (χ0v) is 11.2. The first-order valence-electron chi connectivity index (χ1n) is 6.95. The number of fused-ring (bicyclic) bond motifs is 2. The van der Waals surface area contributed by atoms with Gasteiger partial charge < -0.3 is 5.73 Å². The minimum atomic E-state index is 0.538. The highest BCUT2D eigenvalue weighted by Crippen LogP contribution is 2.44. The molecule has 2 nitrogen and oxygen atoms in total. The molecule has 1 atom stereocenters. The van der Waals surface area contributed by atoms with Gasteiger partial charge in [0.1, 0.15) is 0 Å². The van der Waals surface area contributed by atoms with E-state index in [1.807, 2.05) is 6.07 Å². The molecule has 0 spiro atoms. The summed E-state index contributed by atoms with van der Waals surface area (Å²) in [6.45, 7) is 1.16. The van der Waals surface area contributed by atoms with Crippen LogP contribution in [0.5, 0.6) is 0 Å². The van der Waals surface area contributed by atoms with Gasteiger partial charge in [0.2, 0.25) is 0 Å². The van der Waals surface area contributed by atoms with E-state index in [4.69, 9.17) is 5.73 Å². The smallest absolute Gasteiger partial charge is 0.0394 e. The second kappa shape index (κ2) is 3.84. The first-order chi connectivity index (χ1) is 9.24. The molecule has 0 amide bonds. The Kier molecular flexibility index (Phi) is 2.24. The van der Waals surface area contributed by atoms with Gasteiger partial charge in [0.25, 0.3) is 0 Å². The lowest BCUT2D eigenvalue weighted by molar-refractivity contribution is 0.228. The summed E-state index contributed by atoms with van der Waals surface area (Å²) in [5.74, 6) is 0. The van der Waals surface area contributed by atoms with Gasteiger partial charge in [0.05, 0.1) is 0 Å². The van der Waals surface area contributed by atoms with Crippen molar-refractivity contribution in [2.45, 2.75) is 18.9 Å². The van der Waals surface area contributed by atoms with Gasteiger partial charge in [-0.3, -0.25) is 4.90 Å². The average Bonchev–Trinajstić information content (AvgIpc) is 2.43. The number of nitrogens with zero attached hydrogens (tertiary/aromatic N) is 1. The minimum absolute atomic E-state index is 0.538. The SMILES string of the molecule is CN1CCc2cccc3c2C1Cc1ccc(N)cc1-3. The van der Waals surface area contributed by atoms with Crippen LogP contribution in [0, 0.1) is 0 Å². The molecule has 96 valence electrons. The third-order valence-corrected chi connectivity index (χ3v) is 4.63. The topological polar surface area (TPSA) is 29.3 Å². The van der Waals surface area contributed by atoms with Crippen molar-refractivity contribution >= 4 is 5.69 Å². The Morgan fingerprint density at radius 1 is 1.11 bits per heavy atom. The number of benzene rings is 2. The fraction of sp³-hybridized carbons (Fsp3) is 0.294. The van der Waals surface area contributed by atoms with Gasteiger partial charge in [0.15, 0.2) is 0 Å². The van der Waals surface area contributed by atoms with Crippen LogP contribution in [0.4, 0.5) is 5.69 Å². The van der Waals surface area contributed by atoms with Crippen LogP contribution in [0.2, 0.25) is 0 Å². The normalized spacial score (nSPS) is 20.8. The molecule has 1 aliphatic heterocycles. The Hall–Kier alpha value is -1.80. The Morgan fingerprint density at radius 3 is 2.89 bits per heavy atom. The van der Waals surface area contributed by atoms with Crippen LogP contribution in [0.1, 0.15) is 22.7 Å². The van der Waals surface area contributed by atoms with Crippen molar-refractivity contribution in [3.63, 3.8) is 0 Å². The van der Waals surface area contributed by atoms with Crippen LogP contribution in [0.25, 0.3) is 11.1 Å². The number of nitrogen functional groups attached to an aromatic ring is 1. The molecule has 4 rings (SSSR count). The fourth-order valence-electron chi connectivity index (χ4n) is 3.62. The van der Waals surface area contributed by atoms with Crippen molar-refractivity contribution in [2.75, 3.05) is 19.3 Å². The van der Waals surface area contributed by atoms with Crippen molar-refractivity contribution in [1.29, 1.82) is 0 Å². The van der Waals surface area contributed by atoms with E-state index in [0.29, 0.717) is 6.04 Å². The molecule has 0 saturated carbocycles. The number of nitrogens with two attached hydrogens (primary N) is 1. The number of anilines is 1. The Morgan fingerprint density at radius 2 is 2.00 bits per heavy atom. The van der Waals surface area contributed by atoms with Crippen LogP contribution in [0.15, 0.2) is 36.4 Å². The first-order valence-corrected chi connectivity index (χ1v) is 6.95. The van der Waals surface area contributed by atoms with Crippen LogP contribution in [0.3, 0.4) is 0 Å². The minimum Gasteiger partial charge on any atom is -0.399 e. The van der Waals surface area contributed by atoms with Gasteiger partial charge in [-0.2, -0.15) is 0 Å². The monoisotopic (exact) mass is 250 g/mol. The van der Waals surface area contributed by atoms with Crippen LogP contribution >= 0.6 is 0 Å². The first kappa shape index (κ1) is 11.1. The van der Waals surface area contributed by atoms with Crippen molar-refractivity contribution in [3.8, 4) is 11.1 Å². The van der Waals surface area contributed by atoms with Gasteiger partial charge in [-0.05, 0) is 59.8 Å². The maximum atomic E-state index is 5.98. The van der Waals surface area contributed by atoms with E-state index in [9.17, 15) is 0 Å². The van der Waals surface area contributed by atoms with Crippen LogP contribution in [-0.4, -0.2) is 18.5 Å². The molecule has 2 aromatic carbocycles. The second-order valence-corrected chi connectivity index (χ2v) is 5.75. The summed E-state index contributed by atoms with van der Waals surface area (Å²) in [6.07, 6.45) is 2.27. The molecule has 2 heteroatoms. The van der Waals surface area contributed by atoms with Crippen LogP contribution in [-0.2, 0) is 12.8 Å². The molecule has 0 radical (unpaired) electrons. The van der Waals surface area contributed by atoms with Gasteiger partial charge in [0, 0.05) is 18.3 Å². The third-order valence-electron chi connectivity index (χ3n) is 4.63. The predicted octanol–water partition coefficient (Wildman–Crippen LogP) is 3.02. The Balaban J connectivity index is 2.02. The summed E-state index contributed by atoms with van der Waals surface area (Å²) in [5, 5.41) is 0. The molecule has 2 N–H and O–H groups in total. The van der Waals surface area contributed by atoms with Crippen molar-refractivity contribution in [2.24, 2.45) is 0 Å². The molecular weight excluding hydrogens is 232 g/mol. The van der Waals surface area contributed by atoms with E-state index >= 15 is 0 Å². The lowest BCUT2D eigenvalue weighted by atomic mass is 9.77. The molecule has 2 aromatic rings. The number of rotatable bonds is 0. The van der Waals surface area contributed by atoms with Gasteiger partial charge >= 0.3 is 0 Å². The van der Waals surface area contributed by atoms with Gasteiger partial charge in [-0.25, -0.2) is 0 Å². The molecule has 1 aliphatic carbocycles. The highest BCUT2D eigenvalue weighted by molar-refractivity contribution is 5.77. The zero-order chi connectivity index (χ0) is 13.0. The van der Waals surface area contributed by atoms with Gasteiger partial charge in [-0.1, -0.05) is 24.3 Å². The highest BCUT2D eigenvalue weighted by Gasteiger charge is 2.32. The number of likely N-dealkylation sites (N-methyl/N-ethyl adjacent to an activating group) is 1. The van der Waals surface area contributed by atoms with Gasteiger partial charge in [-0.15, -0.1) is 0 Å². The van der Waals surface area contributed by atoms with Crippen molar-refractivity contribution < 1.29 is 0 Å². The van der Waals surface area contributed by atoms with E-state index in [0.717, 1.165) is 25.1 Å². The van der Waals surface area contributed by atoms with E-state index in [1.165, 1.54) is 27.8 Å². The molecule has 2 aliphatic rings. The summed E-state index contributed by atoms with van der Waals surface area (Å²) in [4.78, 5) is 2.49. The average molecular weight is 250 g/mol. The Labute approximate surface area is 113 Å². The summed E-state index contributed by atoms with van der Waals surface area (Å²) in [7, 11) is 2.24. The molecule has 1 heterocycles. The number of hydrogen-bond donors (Lipinski definition) is 1. The van der Waals surface area contributed by atoms with Crippen molar-refractivity contribution in [1.82, 2.24) is 4.90 Å². The van der Waals surface area contributed by atoms with E-state index < -0.39 is 0 Å². The summed E-state index contributed by atoms with van der Waals surface area (Å²) in [5.41, 5.74) is 14.0. The quantitative estimate of drug-likeness (QED) is 0.728. The van der Waals surface area contributed by atoms with E-state index in [2.05, 4.69) is 42.3 Å². The second-order valence-electron chi connectivity index (χ2n) is 5.75. The maximum Gasteiger partial charge on any atom is 0.0394 e. The fourth-order valence-corrected chi connectivity index (χ4v) is 3.62. The molecule has 0 fully saturated rings. The lowest BCUT2D eigenvalue weighted by Gasteiger charge is -2.39. The standard InChI is InChI=1S/C17H18N2/c1-19-8-7-11-3-2-4-14-15-10-13(18)6-5-12(15)9-16(19)17(11)14/h2-6,10,16H,7-9,18H2,1H3. The molecule has 0 saturated heterocycles. The summed E-state index contributed by atoms with van der Waals surface area (Å²) >= 11 is 0. The van der Waals surface area contributed by atoms with E-state index in [1.54, 1.807) is 0 Å². The predicted molar refractivity (Wildman–Crippen MR) is 79.1 cm³/mol. The lowest BCUT2D eigenvalue weighted by Crippen LogP contribution is -2.35. The van der Waals surface area contributed by atoms with Crippen LogP contribution < -0.4 is 5.73 Å². The Bertz CT molecular complexity index is 660. The molecule has 1 unspecified atom stereocenters. The summed E-state index contributed by atoms with van der Waals surface area (Å²) < 4.78 is 0. The van der Waals surface area contributed by atoms with Crippen molar-refractivity contribution in [3.05, 3.63) is 53.1 Å². The van der Waals surface area contributed by atoms with E-state index in [-0.39, 0.29) is 0 Å². The maximum absolute atomic E-state index is 5.98. The molecule has 0 bridgehead atoms. The zero-order valence-electron chi connectivity index (χ0n) is 11.2. The molecule has 19 heavy (non-hydrogen) atoms. The highest BCUT2D eigenvalue weighted by atomic mass is 15.1. The third kappa shape index (κ3) is 1.53. The molecular formula is C17H18N2. The summed E-state index contributed by atoms with van der Waals surface area (Å²) in [6, 6.07) is 13.6. The number of hydrogen-bond acceptors (Lipinski definition) is 2. The molecule has 0 aromatic heterocycles. The largest absolute Gasteiger partial charge is 0.399 e.